The van der Waals surface area contributed by atoms with Crippen molar-refractivity contribution < 1.29 is 23.6 Å². The topological polar surface area (TPSA) is 99.2 Å². The van der Waals surface area contributed by atoms with Gasteiger partial charge in [0.05, 0.1) is 37.7 Å². The van der Waals surface area contributed by atoms with Crippen LogP contribution in [0.3, 0.4) is 0 Å². The fourth-order valence-electron chi connectivity index (χ4n) is 4.67. The molecule has 2 amide bonds. The summed E-state index contributed by atoms with van der Waals surface area (Å²) < 4.78 is 21.2. The van der Waals surface area contributed by atoms with E-state index in [1.165, 1.54) is 6.07 Å². The van der Waals surface area contributed by atoms with E-state index in [-0.39, 0.29) is 34.6 Å². The van der Waals surface area contributed by atoms with E-state index in [1.54, 1.807) is 11.0 Å². The molecule has 0 aromatic heterocycles. The van der Waals surface area contributed by atoms with Crippen LogP contribution in [0.15, 0.2) is 12.1 Å². The largest absolute Gasteiger partial charge is 0.508 e. The van der Waals surface area contributed by atoms with Crippen molar-refractivity contribution in [3.63, 3.8) is 0 Å². The van der Waals surface area contributed by atoms with Crippen LogP contribution in [0, 0.1) is 11.8 Å². The summed E-state index contributed by atoms with van der Waals surface area (Å²) in [5.74, 6) is -0.194. The lowest BCUT2D eigenvalue weighted by Gasteiger charge is -2.38. The van der Waals surface area contributed by atoms with Gasteiger partial charge in [-0.3, -0.25) is 4.79 Å². The highest BCUT2D eigenvalue weighted by molar-refractivity contribution is 7.84. The molecule has 8 nitrogen and oxygen atoms in total. The summed E-state index contributed by atoms with van der Waals surface area (Å²) >= 11 is 12.3. The first-order valence-corrected chi connectivity index (χ1v) is 14.6. The maximum Gasteiger partial charge on any atom is 0.410 e. The minimum Gasteiger partial charge on any atom is -0.508 e. The number of phenols is 1. The lowest BCUT2D eigenvalue weighted by atomic mass is 9.85. The van der Waals surface area contributed by atoms with Crippen molar-refractivity contribution in [2.45, 2.75) is 77.2 Å². The smallest absolute Gasteiger partial charge is 0.410 e. The number of aromatic hydroxyl groups is 1. The van der Waals surface area contributed by atoms with Crippen LogP contribution in [0.5, 0.6) is 5.75 Å². The summed E-state index contributed by atoms with van der Waals surface area (Å²) in [4.78, 5) is 29.1. The number of rotatable bonds is 5. The van der Waals surface area contributed by atoms with Gasteiger partial charge in [-0.1, -0.05) is 23.2 Å². The molecule has 2 aliphatic heterocycles. The van der Waals surface area contributed by atoms with Crippen LogP contribution in [-0.4, -0.2) is 67.6 Å². The second kappa shape index (κ2) is 11.7. The Hall–Kier alpha value is -1.55. The van der Waals surface area contributed by atoms with E-state index >= 15 is 0 Å². The molecule has 0 radical (unpaired) electrons. The van der Waals surface area contributed by atoms with Gasteiger partial charge in [0.1, 0.15) is 11.4 Å². The molecule has 2 saturated heterocycles. The lowest BCUT2D eigenvalue weighted by Crippen LogP contribution is -2.46. The minimum absolute atomic E-state index is 0.00972. The van der Waals surface area contributed by atoms with Gasteiger partial charge in [-0.25, -0.2) is 13.7 Å². The van der Waals surface area contributed by atoms with Gasteiger partial charge in [-0.05, 0) is 72.8 Å². The van der Waals surface area contributed by atoms with E-state index < -0.39 is 27.4 Å². The van der Waals surface area contributed by atoms with Crippen LogP contribution in [0.1, 0.15) is 72.4 Å². The number of hydrogen-bond donors (Lipinski definition) is 2. The third-order valence-electron chi connectivity index (χ3n) is 6.71. The van der Waals surface area contributed by atoms with E-state index in [2.05, 4.69) is 4.72 Å². The molecule has 2 heterocycles. The number of hydrogen-bond acceptors (Lipinski definition) is 5. The van der Waals surface area contributed by atoms with Crippen molar-refractivity contribution in [3.8, 4) is 5.75 Å². The zero-order valence-electron chi connectivity index (χ0n) is 22.5. The van der Waals surface area contributed by atoms with Crippen molar-refractivity contribution in [3.05, 3.63) is 27.7 Å². The number of carbonyl (C=O) groups is 2. The summed E-state index contributed by atoms with van der Waals surface area (Å²) in [6.45, 7) is 13.0. The number of amides is 2. The number of nitrogens with one attached hydrogen (secondary N) is 1. The average Bonchev–Trinajstić information content (AvgIpc) is 3.28. The molecule has 2 aliphatic rings. The molecule has 2 N–H and O–H groups in total. The molecule has 1 aromatic carbocycles. The molecule has 3 atom stereocenters. The van der Waals surface area contributed by atoms with Crippen LogP contribution >= 0.6 is 23.2 Å². The quantitative estimate of drug-likeness (QED) is 0.497. The molecule has 1 aromatic rings. The first-order chi connectivity index (χ1) is 17.1. The Morgan fingerprint density at radius 3 is 2.16 bits per heavy atom. The zero-order valence-corrected chi connectivity index (χ0v) is 24.8. The molecule has 11 heteroatoms. The van der Waals surface area contributed by atoms with E-state index in [0.717, 1.165) is 0 Å². The highest BCUT2D eigenvalue weighted by atomic mass is 35.5. The molecule has 37 heavy (non-hydrogen) atoms. The number of likely N-dealkylation sites (tertiary alicyclic amines) is 2. The second-order valence-corrected chi connectivity index (χ2v) is 14.7. The van der Waals surface area contributed by atoms with Gasteiger partial charge >= 0.3 is 6.09 Å². The first-order valence-electron chi connectivity index (χ1n) is 12.7. The fraction of sp³-hybridized carbons (Fsp3) is 0.692. The summed E-state index contributed by atoms with van der Waals surface area (Å²) in [5, 5.41) is 11.2. The number of phenolic OH excluding ortho intramolecular Hbond substituents is 1. The molecule has 0 bridgehead atoms. The molecule has 208 valence electrons. The lowest BCUT2D eigenvalue weighted by molar-refractivity contribution is -0.136. The van der Waals surface area contributed by atoms with Crippen LogP contribution in [0.25, 0.3) is 0 Å². The van der Waals surface area contributed by atoms with Gasteiger partial charge in [0, 0.05) is 37.8 Å². The monoisotopic (exact) mass is 575 g/mol. The third kappa shape index (κ3) is 7.74. The standard InChI is InChI=1S/C26H39Cl2N3O5S/c1-25(2,3)36-24(34)31-12-9-17(15-31)23(33)30-10-7-16(8-11-30)22(29-37(35)26(4,5)6)18-13-19(27)20(28)14-21(18)32/h13-14,16-17,22,29,32H,7-12,15H2,1-6H3/t17-,22?,37?/m0/s1. The van der Waals surface area contributed by atoms with Crippen molar-refractivity contribution in [1.29, 1.82) is 0 Å². The summed E-state index contributed by atoms with van der Waals surface area (Å²) in [5.41, 5.74) is -0.0361. The van der Waals surface area contributed by atoms with Crippen LogP contribution in [-0.2, 0) is 20.5 Å². The van der Waals surface area contributed by atoms with Crippen molar-refractivity contribution in [1.82, 2.24) is 14.5 Å². The summed E-state index contributed by atoms with van der Waals surface area (Å²) in [6.07, 6.45) is 1.55. The van der Waals surface area contributed by atoms with E-state index in [9.17, 15) is 18.9 Å². The average molecular weight is 577 g/mol. The van der Waals surface area contributed by atoms with Gasteiger partial charge in [0.25, 0.3) is 0 Å². The summed E-state index contributed by atoms with van der Waals surface area (Å²) in [7, 11) is -1.39. The van der Waals surface area contributed by atoms with E-state index in [0.29, 0.717) is 56.0 Å². The Morgan fingerprint density at radius 1 is 1.03 bits per heavy atom. The van der Waals surface area contributed by atoms with Gasteiger partial charge < -0.3 is 19.6 Å². The van der Waals surface area contributed by atoms with Crippen molar-refractivity contribution >= 4 is 46.2 Å². The highest BCUT2D eigenvalue weighted by Crippen LogP contribution is 2.40. The molecule has 0 saturated carbocycles. The SMILES string of the molecule is CC(C)(C)OC(=O)N1CC[C@H](C(=O)N2CCC(C(NS(=O)C(C)(C)C)c3cc(Cl)c(Cl)cc3O)CC2)C1. The first kappa shape index (κ1) is 30.0. The van der Waals surface area contributed by atoms with Crippen molar-refractivity contribution in [2.24, 2.45) is 11.8 Å². The molecular weight excluding hydrogens is 537 g/mol. The van der Waals surface area contributed by atoms with E-state index in [1.807, 2.05) is 46.4 Å². The Kier molecular flexibility index (Phi) is 9.47. The van der Waals surface area contributed by atoms with Crippen molar-refractivity contribution in [2.75, 3.05) is 26.2 Å². The summed E-state index contributed by atoms with van der Waals surface area (Å²) in [6, 6.07) is 2.60. The predicted octanol–water partition coefficient (Wildman–Crippen LogP) is 5.29. The zero-order chi connectivity index (χ0) is 27.7. The van der Waals surface area contributed by atoms with Gasteiger partial charge in [-0.2, -0.15) is 0 Å². The normalized spacial score (nSPS) is 21.1. The Labute approximate surface area is 232 Å². The molecule has 2 fully saturated rings. The molecule has 2 unspecified atom stereocenters. The Balaban J connectivity index is 1.68. The fourth-order valence-corrected chi connectivity index (χ4v) is 5.91. The molecule has 0 aliphatic carbocycles. The molecular formula is C26H39Cl2N3O5S. The number of piperidine rings is 1. The minimum atomic E-state index is -1.39. The maximum atomic E-state index is 13.3. The van der Waals surface area contributed by atoms with Gasteiger partial charge in [0.15, 0.2) is 0 Å². The number of benzene rings is 1. The Morgan fingerprint density at radius 2 is 1.59 bits per heavy atom. The highest BCUT2D eigenvalue weighted by Gasteiger charge is 2.38. The molecule has 0 spiro atoms. The van der Waals surface area contributed by atoms with Crippen LogP contribution < -0.4 is 4.72 Å². The number of halogens is 2. The van der Waals surface area contributed by atoms with Gasteiger partial charge in [0.2, 0.25) is 5.91 Å². The Bertz CT molecular complexity index is 1030. The number of nitrogens with zero attached hydrogens (tertiary/aromatic N) is 2. The predicted molar refractivity (Wildman–Crippen MR) is 147 cm³/mol. The molecule has 3 rings (SSSR count). The number of ether oxygens (including phenoxy) is 1. The van der Waals surface area contributed by atoms with Gasteiger partial charge in [-0.15, -0.1) is 0 Å². The van der Waals surface area contributed by atoms with Crippen LogP contribution in [0.2, 0.25) is 10.0 Å². The van der Waals surface area contributed by atoms with E-state index in [4.69, 9.17) is 27.9 Å². The third-order valence-corrected chi connectivity index (χ3v) is 9.01. The number of carbonyl (C=O) groups excluding carboxylic acids is 2. The van der Waals surface area contributed by atoms with Crippen LogP contribution in [0.4, 0.5) is 4.79 Å². The second-order valence-electron chi connectivity index (χ2n) is 11.9. The maximum absolute atomic E-state index is 13.3.